The Hall–Kier alpha value is -1.04. The molecule has 0 unspecified atom stereocenters. The van der Waals surface area contributed by atoms with Crippen LogP contribution >= 0.6 is 11.6 Å². The maximum Gasteiger partial charge on any atom is 0.389 e. The van der Waals surface area contributed by atoms with Gasteiger partial charge in [-0.1, -0.05) is 32.4 Å². The van der Waals surface area contributed by atoms with Gasteiger partial charge in [0.1, 0.15) is 16.8 Å². The summed E-state index contributed by atoms with van der Waals surface area (Å²) in [4.78, 5) is 8.56. The van der Waals surface area contributed by atoms with Crippen LogP contribution in [0.15, 0.2) is 0 Å². The van der Waals surface area contributed by atoms with E-state index in [-0.39, 0.29) is 18.4 Å². The molecule has 0 aromatic carbocycles. The van der Waals surface area contributed by atoms with Crippen molar-refractivity contribution in [3.63, 3.8) is 0 Å². The molecule has 0 saturated carbocycles. The van der Waals surface area contributed by atoms with Crippen molar-refractivity contribution in [2.75, 3.05) is 11.9 Å². The summed E-state index contributed by atoms with van der Waals surface area (Å²) in [6.07, 6.45) is -4.95. The van der Waals surface area contributed by atoms with E-state index < -0.39 is 12.6 Å². The van der Waals surface area contributed by atoms with Crippen molar-refractivity contribution < 1.29 is 13.2 Å². The Kier molecular flexibility index (Phi) is 5.24. The van der Waals surface area contributed by atoms with Gasteiger partial charge in [-0.3, -0.25) is 0 Å². The highest BCUT2D eigenvalue weighted by Gasteiger charge is 2.26. The van der Waals surface area contributed by atoms with Crippen LogP contribution in [0.1, 0.15) is 45.0 Å². The predicted molar refractivity (Wildman–Crippen MR) is 74.3 cm³/mol. The summed E-state index contributed by atoms with van der Waals surface area (Å²) in [5, 5.41) is 3.23. The Labute approximate surface area is 122 Å². The Balaban J connectivity index is 2.77. The number of aromatic nitrogens is 2. The average Bonchev–Trinajstić information content (AvgIpc) is 2.26. The molecule has 0 atom stereocenters. The summed E-state index contributed by atoms with van der Waals surface area (Å²) in [5.74, 6) is 1.06. The molecule has 0 aliphatic rings. The van der Waals surface area contributed by atoms with Gasteiger partial charge in [-0.2, -0.15) is 13.2 Å². The van der Waals surface area contributed by atoms with E-state index >= 15 is 0 Å². The van der Waals surface area contributed by atoms with Gasteiger partial charge in [0, 0.05) is 23.9 Å². The van der Waals surface area contributed by atoms with Crippen molar-refractivity contribution in [2.45, 2.75) is 52.1 Å². The molecular weight excluding hydrogens is 291 g/mol. The number of hydrogen-bond donors (Lipinski definition) is 1. The summed E-state index contributed by atoms with van der Waals surface area (Å²) in [7, 11) is 0. The molecule has 0 fully saturated rings. The fraction of sp³-hybridized carbons (Fsp3) is 0.692. The van der Waals surface area contributed by atoms with Crippen LogP contribution in [-0.2, 0) is 5.41 Å². The van der Waals surface area contributed by atoms with Gasteiger partial charge < -0.3 is 5.32 Å². The fourth-order valence-electron chi connectivity index (χ4n) is 1.49. The van der Waals surface area contributed by atoms with Crippen LogP contribution in [0, 0.1) is 6.92 Å². The largest absolute Gasteiger partial charge is 0.389 e. The van der Waals surface area contributed by atoms with Crippen LogP contribution in [0.25, 0.3) is 0 Å². The van der Waals surface area contributed by atoms with Crippen molar-refractivity contribution in [3.8, 4) is 0 Å². The monoisotopic (exact) mass is 309 g/mol. The number of halogens is 4. The first-order chi connectivity index (χ1) is 9.00. The first kappa shape index (κ1) is 17.0. The topological polar surface area (TPSA) is 37.8 Å². The fourth-order valence-corrected chi connectivity index (χ4v) is 1.66. The Bertz CT molecular complexity index is 467. The standard InChI is InChI=1S/C13H19ClF3N3/c1-8-9(14)19-11(12(2,3)4)20-10(8)18-7-5-6-13(15,16)17/h5-7H2,1-4H3,(H,18,19,20). The number of nitrogens with one attached hydrogen (secondary N) is 1. The van der Waals surface area contributed by atoms with E-state index in [1.54, 1.807) is 6.92 Å². The molecule has 7 heteroatoms. The second-order valence-electron chi connectivity index (χ2n) is 5.71. The Morgan fingerprint density at radius 3 is 2.25 bits per heavy atom. The van der Waals surface area contributed by atoms with Crippen LogP contribution in [0.5, 0.6) is 0 Å². The lowest BCUT2D eigenvalue weighted by molar-refractivity contribution is -0.134. The first-order valence-electron chi connectivity index (χ1n) is 6.36. The predicted octanol–water partition coefficient (Wildman–Crippen LogP) is 4.49. The molecule has 1 aromatic rings. The maximum absolute atomic E-state index is 12.1. The third kappa shape index (κ3) is 5.15. The number of hydrogen-bond acceptors (Lipinski definition) is 3. The van der Waals surface area contributed by atoms with E-state index in [9.17, 15) is 13.2 Å². The van der Waals surface area contributed by atoms with Crippen LogP contribution < -0.4 is 5.32 Å². The molecule has 3 nitrogen and oxygen atoms in total. The number of alkyl halides is 3. The highest BCUT2D eigenvalue weighted by molar-refractivity contribution is 6.30. The van der Waals surface area contributed by atoms with Gasteiger partial charge in [-0.05, 0) is 13.3 Å². The van der Waals surface area contributed by atoms with Crippen molar-refractivity contribution in [1.82, 2.24) is 9.97 Å². The van der Waals surface area contributed by atoms with E-state index in [0.717, 1.165) is 0 Å². The molecule has 114 valence electrons. The van der Waals surface area contributed by atoms with Crippen molar-refractivity contribution in [3.05, 3.63) is 16.5 Å². The Morgan fingerprint density at radius 2 is 1.75 bits per heavy atom. The smallest absolute Gasteiger partial charge is 0.370 e. The lowest BCUT2D eigenvalue weighted by atomic mass is 9.95. The molecule has 0 bridgehead atoms. The summed E-state index contributed by atoms with van der Waals surface area (Å²) in [6, 6.07) is 0. The van der Waals surface area contributed by atoms with E-state index in [0.29, 0.717) is 22.4 Å². The van der Waals surface area contributed by atoms with E-state index in [1.165, 1.54) is 0 Å². The normalized spacial score (nSPS) is 12.6. The van der Waals surface area contributed by atoms with Crippen LogP contribution in [0.3, 0.4) is 0 Å². The van der Waals surface area contributed by atoms with Gasteiger partial charge in [-0.15, -0.1) is 0 Å². The summed E-state index contributed by atoms with van der Waals surface area (Å²) in [6.45, 7) is 7.77. The second kappa shape index (κ2) is 6.16. The molecule has 1 heterocycles. The molecule has 0 radical (unpaired) electrons. The zero-order valence-electron chi connectivity index (χ0n) is 12.0. The lowest BCUT2D eigenvalue weighted by Gasteiger charge is -2.19. The molecule has 0 spiro atoms. The lowest BCUT2D eigenvalue weighted by Crippen LogP contribution is -2.19. The first-order valence-corrected chi connectivity index (χ1v) is 6.74. The van der Waals surface area contributed by atoms with Crippen LogP contribution in [-0.4, -0.2) is 22.7 Å². The maximum atomic E-state index is 12.1. The van der Waals surface area contributed by atoms with Gasteiger partial charge in [0.05, 0.1) is 0 Å². The average molecular weight is 310 g/mol. The minimum absolute atomic E-state index is 0.00455. The number of nitrogens with zero attached hydrogens (tertiary/aromatic N) is 2. The summed E-state index contributed by atoms with van der Waals surface area (Å²) < 4.78 is 36.2. The summed E-state index contributed by atoms with van der Waals surface area (Å²) in [5.41, 5.74) is 0.367. The van der Waals surface area contributed by atoms with Gasteiger partial charge in [-0.25, -0.2) is 9.97 Å². The van der Waals surface area contributed by atoms with E-state index in [1.807, 2.05) is 20.8 Å². The quantitative estimate of drug-likeness (QED) is 0.658. The van der Waals surface area contributed by atoms with E-state index in [4.69, 9.17) is 11.6 Å². The SMILES string of the molecule is Cc1c(Cl)nc(C(C)(C)C)nc1NCCCC(F)(F)F. The minimum atomic E-state index is -4.13. The molecule has 1 N–H and O–H groups in total. The number of rotatable bonds is 4. The van der Waals surface area contributed by atoms with Gasteiger partial charge in [0.15, 0.2) is 0 Å². The zero-order valence-corrected chi connectivity index (χ0v) is 12.8. The molecule has 20 heavy (non-hydrogen) atoms. The molecule has 0 saturated heterocycles. The summed E-state index contributed by atoms with van der Waals surface area (Å²) >= 11 is 6.04. The third-order valence-electron chi connectivity index (χ3n) is 2.69. The highest BCUT2D eigenvalue weighted by Crippen LogP contribution is 2.26. The number of anilines is 1. The van der Waals surface area contributed by atoms with Crippen molar-refractivity contribution >= 4 is 17.4 Å². The minimum Gasteiger partial charge on any atom is -0.370 e. The highest BCUT2D eigenvalue weighted by atomic mass is 35.5. The zero-order chi connectivity index (χ0) is 15.6. The second-order valence-corrected chi connectivity index (χ2v) is 6.07. The van der Waals surface area contributed by atoms with Crippen LogP contribution in [0.2, 0.25) is 5.15 Å². The molecule has 0 amide bonds. The van der Waals surface area contributed by atoms with E-state index in [2.05, 4.69) is 15.3 Å². The van der Waals surface area contributed by atoms with Crippen molar-refractivity contribution in [1.29, 1.82) is 0 Å². The molecule has 1 aromatic heterocycles. The van der Waals surface area contributed by atoms with Crippen LogP contribution in [0.4, 0.5) is 19.0 Å². The molecule has 1 rings (SSSR count). The molecular formula is C13H19ClF3N3. The molecule has 0 aliphatic carbocycles. The van der Waals surface area contributed by atoms with Gasteiger partial charge in [0.25, 0.3) is 0 Å². The van der Waals surface area contributed by atoms with Gasteiger partial charge in [0.2, 0.25) is 0 Å². The van der Waals surface area contributed by atoms with Crippen molar-refractivity contribution in [2.24, 2.45) is 0 Å². The molecule has 0 aliphatic heterocycles. The third-order valence-corrected chi connectivity index (χ3v) is 3.05. The Morgan fingerprint density at radius 1 is 1.15 bits per heavy atom. The van der Waals surface area contributed by atoms with Gasteiger partial charge >= 0.3 is 6.18 Å².